The molecule has 0 spiro atoms. The molecule has 0 aliphatic heterocycles. The third kappa shape index (κ3) is 3.45. The van der Waals surface area contributed by atoms with Gasteiger partial charge in [0.1, 0.15) is 0 Å². The lowest BCUT2D eigenvalue weighted by atomic mass is 10.0. The van der Waals surface area contributed by atoms with Gasteiger partial charge in [0.15, 0.2) is 0 Å². The maximum Gasteiger partial charge on any atom is 0.207 e. The Kier molecular flexibility index (Phi) is 3.90. The summed E-state index contributed by atoms with van der Waals surface area (Å²) in [5.41, 5.74) is 1.93. The van der Waals surface area contributed by atoms with Gasteiger partial charge >= 0.3 is 0 Å². The third-order valence-corrected chi connectivity index (χ3v) is 3.05. The van der Waals surface area contributed by atoms with E-state index in [9.17, 15) is 15.2 Å². The van der Waals surface area contributed by atoms with Gasteiger partial charge in [-0.3, -0.25) is 10.1 Å². The summed E-state index contributed by atoms with van der Waals surface area (Å²) < 4.78 is 0. The summed E-state index contributed by atoms with van der Waals surface area (Å²) in [6.45, 7) is 3.32. The molecule has 0 unspecified atom stereocenters. The van der Waals surface area contributed by atoms with Gasteiger partial charge in [0, 0.05) is 28.4 Å². The normalized spacial score (nSPS) is 12.3. The van der Waals surface area contributed by atoms with Crippen LogP contribution in [0.4, 0.5) is 0 Å². The van der Waals surface area contributed by atoms with Crippen molar-refractivity contribution in [3.8, 4) is 0 Å². The molecule has 0 amide bonds. The van der Waals surface area contributed by atoms with Crippen molar-refractivity contribution in [1.82, 2.24) is 4.98 Å². The van der Waals surface area contributed by atoms with Crippen LogP contribution in [0, 0.1) is 10.1 Å². The Balaban J connectivity index is 2.41. The largest absolute Gasteiger partial charge is 0.386 e. The third-order valence-electron chi connectivity index (χ3n) is 3.05. The summed E-state index contributed by atoms with van der Waals surface area (Å²) in [6, 6.07) is 5.79. The van der Waals surface area contributed by atoms with Crippen LogP contribution in [0.1, 0.15) is 25.0 Å². The Labute approximate surface area is 117 Å². The van der Waals surface area contributed by atoms with Gasteiger partial charge < -0.3 is 10.1 Å². The second-order valence-electron chi connectivity index (χ2n) is 5.38. The van der Waals surface area contributed by atoms with Crippen LogP contribution in [0.15, 0.2) is 30.5 Å². The van der Waals surface area contributed by atoms with Crippen LogP contribution in [0.25, 0.3) is 17.0 Å². The maximum absolute atomic E-state index is 10.5. The van der Waals surface area contributed by atoms with Crippen LogP contribution in [0.5, 0.6) is 0 Å². The second kappa shape index (κ2) is 5.46. The van der Waals surface area contributed by atoms with Gasteiger partial charge in [0.25, 0.3) is 0 Å². The lowest BCUT2D eigenvalue weighted by Gasteiger charge is -2.10. The van der Waals surface area contributed by atoms with Crippen molar-refractivity contribution < 1.29 is 10.0 Å². The lowest BCUT2D eigenvalue weighted by molar-refractivity contribution is -0.479. The highest BCUT2D eigenvalue weighted by Crippen LogP contribution is 2.25. The Morgan fingerprint density at radius 1 is 1.45 bits per heavy atom. The fourth-order valence-corrected chi connectivity index (χ4v) is 2.13. The summed E-state index contributed by atoms with van der Waals surface area (Å²) in [5, 5.41) is 21.3. The monoisotopic (exact) mass is 274 g/mol. The van der Waals surface area contributed by atoms with Gasteiger partial charge in [-0.25, -0.2) is 0 Å². The van der Waals surface area contributed by atoms with Gasteiger partial charge in [0.2, 0.25) is 6.54 Å². The van der Waals surface area contributed by atoms with Crippen molar-refractivity contribution in [2.45, 2.75) is 25.9 Å². The van der Waals surface area contributed by atoms with Gasteiger partial charge in [-0.05, 0) is 31.0 Å². The van der Waals surface area contributed by atoms with Crippen LogP contribution in [-0.4, -0.2) is 27.2 Å². The SMILES string of the molecule is CC(C)(O)/C=C/c1cccc2[nH]cc(CC[N+](=O)[O-])c12. The van der Waals surface area contributed by atoms with Crippen molar-refractivity contribution in [3.63, 3.8) is 0 Å². The van der Waals surface area contributed by atoms with E-state index in [1.807, 2.05) is 30.5 Å². The van der Waals surface area contributed by atoms with E-state index in [2.05, 4.69) is 4.98 Å². The Bertz CT molecular complexity index is 651. The van der Waals surface area contributed by atoms with Gasteiger partial charge in [-0.2, -0.15) is 0 Å². The number of nitrogens with zero attached hydrogens (tertiary/aromatic N) is 1. The molecule has 0 radical (unpaired) electrons. The van der Waals surface area contributed by atoms with Gasteiger partial charge in [-0.15, -0.1) is 0 Å². The first-order chi connectivity index (χ1) is 9.37. The molecule has 106 valence electrons. The van der Waals surface area contributed by atoms with Crippen molar-refractivity contribution in [3.05, 3.63) is 51.7 Å². The number of hydrogen-bond acceptors (Lipinski definition) is 3. The lowest BCUT2D eigenvalue weighted by Crippen LogP contribution is -2.13. The molecule has 0 bridgehead atoms. The highest BCUT2D eigenvalue weighted by Gasteiger charge is 2.11. The quantitative estimate of drug-likeness (QED) is 0.650. The number of nitrogens with one attached hydrogen (secondary N) is 1. The number of H-pyrrole nitrogens is 1. The standard InChI is InChI=1S/C15H18N2O3/c1-15(2,18)8-6-11-4-3-5-13-14(11)12(10-16-13)7-9-17(19)20/h3-6,8,10,16,18H,7,9H2,1-2H3/b8-6+. The predicted octanol–water partition coefficient (Wildman–Crippen LogP) is 2.77. The molecule has 0 aliphatic rings. The van der Waals surface area contributed by atoms with E-state index in [0.717, 1.165) is 22.0 Å². The van der Waals surface area contributed by atoms with Crippen LogP contribution in [0.2, 0.25) is 0 Å². The van der Waals surface area contributed by atoms with Crippen molar-refractivity contribution in [2.75, 3.05) is 6.54 Å². The minimum Gasteiger partial charge on any atom is -0.386 e. The number of nitro groups is 1. The molecule has 2 N–H and O–H groups in total. The van der Waals surface area contributed by atoms with Crippen LogP contribution >= 0.6 is 0 Å². The number of aromatic amines is 1. The summed E-state index contributed by atoms with van der Waals surface area (Å²) in [5.74, 6) is 0. The zero-order chi connectivity index (χ0) is 14.8. The van der Waals surface area contributed by atoms with E-state index in [-0.39, 0.29) is 11.5 Å². The number of benzene rings is 1. The maximum atomic E-state index is 10.5. The molecular formula is C15H18N2O3. The fourth-order valence-electron chi connectivity index (χ4n) is 2.13. The average Bonchev–Trinajstić information content (AvgIpc) is 2.76. The summed E-state index contributed by atoms with van der Waals surface area (Å²) in [4.78, 5) is 13.3. The molecule has 1 aromatic heterocycles. The van der Waals surface area contributed by atoms with Crippen LogP contribution < -0.4 is 0 Å². The molecule has 2 aromatic rings. The van der Waals surface area contributed by atoms with Crippen molar-refractivity contribution in [2.24, 2.45) is 0 Å². The van der Waals surface area contributed by atoms with E-state index < -0.39 is 5.60 Å². The van der Waals surface area contributed by atoms with Gasteiger partial charge in [-0.1, -0.05) is 24.3 Å². The molecule has 0 aliphatic carbocycles. The van der Waals surface area contributed by atoms with E-state index in [4.69, 9.17) is 0 Å². The smallest absolute Gasteiger partial charge is 0.207 e. The first-order valence-corrected chi connectivity index (χ1v) is 6.49. The first kappa shape index (κ1) is 14.3. The number of aliphatic hydroxyl groups is 1. The minimum absolute atomic E-state index is 0.0868. The molecule has 0 saturated carbocycles. The molecule has 0 atom stereocenters. The van der Waals surface area contributed by atoms with Gasteiger partial charge in [0.05, 0.1) is 5.60 Å². The predicted molar refractivity (Wildman–Crippen MR) is 79.2 cm³/mol. The molecule has 0 fully saturated rings. The van der Waals surface area contributed by atoms with E-state index >= 15 is 0 Å². The molecular weight excluding hydrogens is 256 g/mol. The van der Waals surface area contributed by atoms with Crippen LogP contribution in [-0.2, 0) is 6.42 Å². The number of rotatable bonds is 5. The van der Waals surface area contributed by atoms with E-state index in [0.29, 0.717) is 6.42 Å². The Morgan fingerprint density at radius 2 is 2.20 bits per heavy atom. The van der Waals surface area contributed by atoms with E-state index in [1.54, 1.807) is 19.9 Å². The summed E-state index contributed by atoms with van der Waals surface area (Å²) in [7, 11) is 0. The van der Waals surface area contributed by atoms with Crippen LogP contribution in [0.3, 0.4) is 0 Å². The summed E-state index contributed by atoms with van der Waals surface area (Å²) in [6.07, 6.45) is 5.77. The Hall–Kier alpha value is -2.14. The highest BCUT2D eigenvalue weighted by atomic mass is 16.6. The van der Waals surface area contributed by atoms with Crippen molar-refractivity contribution >= 4 is 17.0 Å². The number of fused-ring (bicyclic) bond motifs is 1. The molecule has 1 heterocycles. The Morgan fingerprint density at radius 3 is 2.85 bits per heavy atom. The summed E-state index contributed by atoms with van der Waals surface area (Å²) >= 11 is 0. The molecule has 5 heteroatoms. The molecule has 2 rings (SSSR count). The second-order valence-corrected chi connectivity index (χ2v) is 5.38. The highest BCUT2D eigenvalue weighted by molar-refractivity contribution is 5.91. The molecule has 5 nitrogen and oxygen atoms in total. The average molecular weight is 274 g/mol. The minimum atomic E-state index is -0.889. The number of aromatic nitrogens is 1. The first-order valence-electron chi connectivity index (χ1n) is 6.49. The molecule has 1 aromatic carbocycles. The molecule has 0 saturated heterocycles. The topological polar surface area (TPSA) is 79.2 Å². The molecule has 20 heavy (non-hydrogen) atoms. The van der Waals surface area contributed by atoms with Crippen molar-refractivity contribution in [1.29, 1.82) is 0 Å². The zero-order valence-electron chi connectivity index (χ0n) is 11.6. The fraction of sp³-hybridized carbons (Fsp3) is 0.333. The number of hydrogen-bond donors (Lipinski definition) is 2. The zero-order valence-corrected chi connectivity index (χ0v) is 11.6. The van der Waals surface area contributed by atoms with E-state index in [1.165, 1.54) is 0 Å².